The molecule has 0 spiro atoms. The Morgan fingerprint density at radius 2 is 2.28 bits per heavy atom. The van der Waals surface area contributed by atoms with Crippen molar-refractivity contribution in [2.45, 2.75) is 32.9 Å². The van der Waals surface area contributed by atoms with Crippen LogP contribution in [0, 0.1) is 25.2 Å². The molecule has 0 atom stereocenters. The summed E-state index contributed by atoms with van der Waals surface area (Å²) >= 11 is 0. The van der Waals surface area contributed by atoms with Crippen molar-refractivity contribution >= 4 is 5.91 Å². The number of hydrogen-bond acceptors (Lipinski definition) is 5. The van der Waals surface area contributed by atoms with Crippen LogP contribution in [-0.2, 0) is 11.3 Å². The van der Waals surface area contributed by atoms with Crippen LogP contribution in [0.5, 0.6) is 0 Å². The SMILES string of the molecule is Cc1cc(C)n(C2CN(CC(=O)N(CCC#N)Cc3ccco3)C2)n1. The van der Waals surface area contributed by atoms with E-state index in [1.807, 2.05) is 17.7 Å². The first-order valence-corrected chi connectivity index (χ1v) is 8.49. The highest BCUT2D eigenvalue weighted by Gasteiger charge is 2.32. The zero-order chi connectivity index (χ0) is 17.8. The molecular weight excluding hydrogens is 318 g/mol. The highest BCUT2D eigenvalue weighted by atomic mass is 16.3. The fourth-order valence-corrected chi connectivity index (χ4v) is 3.20. The zero-order valence-corrected chi connectivity index (χ0v) is 14.7. The molecule has 0 saturated carbocycles. The van der Waals surface area contributed by atoms with Crippen LogP contribution >= 0.6 is 0 Å². The smallest absolute Gasteiger partial charge is 0.237 e. The second-order valence-corrected chi connectivity index (χ2v) is 6.52. The Morgan fingerprint density at radius 1 is 1.48 bits per heavy atom. The maximum absolute atomic E-state index is 12.6. The summed E-state index contributed by atoms with van der Waals surface area (Å²) in [6, 6.07) is 8.15. The minimum absolute atomic E-state index is 0.0264. The predicted octanol–water partition coefficient (Wildman–Crippen LogP) is 1.89. The zero-order valence-electron chi connectivity index (χ0n) is 14.7. The summed E-state index contributed by atoms with van der Waals surface area (Å²) in [4.78, 5) is 16.4. The Hall–Kier alpha value is -2.59. The molecule has 3 rings (SSSR count). The lowest BCUT2D eigenvalue weighted by Gasteiger charge is -2.40. The molecule has 2 aromatic rings. The van der Waals surface area contributed by atoms with Gasteiger partial charge in [0.2, 0.25) is 5.91 Å². The summed E-state index contributed by atoms with van der Waals surface area (Å²) in [6.07, 6.45) is 1.91. The van der Waals surface area contributed by atoms with Crippen LogP contribution in [0.2, 0.25) is 0 Å². The minimum Gasteiger partial charge on any atom is -0.467 e. The Kier molecular flexibility index (Phi) is 5.19. The van der Waals surface area contributed by atoms with Crippen molar-refractivity contribution in [3.8, 4) is 6.07 Å². The highest BCUT2D eigenvalue weighted by molar-refractivity contribution is 5.78. The predicted molar refractivity (Wildman–Crippen MR) is 91.5 cm³/mol. The number of likely N-dealkylation sites (tertiary alicyclic amines) is 1. The van der Waals surface area contributed by atoms with Gasteiger partial charge < -0.3 is 9.32 Å². The van der Waals surface area contributed by atoms with Crippen molar-refractivity contribution in [1.82, 2.24) is 19.6 Å². The average Bonchev–Trinajstić information content (AvgIpc) is 3.16. The Morgan fingerprint density at radius 3 is 2.88 bits per heavy atom. The molecule has 132 valence electrons. The number of carbonyl (C=O) groups excluding carboxylic acids is 1. The van der Waals surface area contributed by atoms with Crippen molar-refractivity contribution in [1.29, 1.82) is 5.26 Å². The molecule has 0 aliphatic carbocycles. The number of carbonyl (C=O) groups is 1. The molecule has 0 aromatic carbocycles. The van der Waals surface area contributed by atoms with Crippen LogP contribution in [0.1, 0.15) is 29.6 Å². The van der Waals surface area contributed by atoms with E-state index in [0.717, 1.165) is 30.2 Å². The second kappa shape index (κ2) is 7.53. The number of aromatic nitrogens is 2. The van der Waals surface area contributed by atoms with Crippen LogP contribution in [0.4, 0.5) is 0 Å². The van der Waals surface area contributed by atoms with Crippen molar-refractivity contribution in [2.24, 2.45) is 0 Å². The van der Waals surface area contributed by atoms with Crippen molar-refractivity contribution in [3.05, 3.63) is 41.6 Å². The van der Waals surface area contributed by atoms with Gasteiger partial charge in [-0.3, -0.25) is 14.4 Å². The van der Waals surface area contributed by atoms with E-state index in [1.165, 1.54) is 0 Å². The molecular formula is C18H23N5O2. The molecule has 0 unspecified atom stereocenters. The van der Waals surface area contributed by atoms with Crippen molar-refractivity contribution in [3.63, 3.8) is 0 Å². The van der Waals surface area contributed by atoms with Gasteiger partial charge in [0.05, 0.1) is 43.6 Å². The molecule has 1 fully saturated rings. The largest absolute Gasteiger partial charge is 0.467 e. The van der Waals surface area contributed by atoms with Crippen molar-refractivity contribution < 1.29 is 9.21 Å². The standard InChI is InChI=1S/C18H23N5O2/c1-14-9-15(2)23(20-14)16-10-21(11-16)13-18(24)22(7-4-6-19)12-17-5-3-8-25-17/h3,5,8-9,16H,4,7,10-13H2,1-2H3. The summed E-state index contributed by atoms with van der Waals surface area (Å²) < 4.78 is 7.38. The summed E-state index contributed by atoms with van der Waals surface area (Å²) in [5.41, 5.74) is 2.18. The fraction of sp³-hybridized carbons (Fsp3) is 0.500. The number of amides is 1. The fourth-order valence-electron chi connectivity index (χ4n) is 3.20. The molecule has 0 radical (unpaired) electrons. The normalized spacial score (nSPS) is 14.9. The second-order valence-electron chi connectivity index (χ2n) is 6.52. The monoisotopic (exact) mass is 341 g/mol. The Labute approximate surface area is 147 Å². The van der Waals surface area contributed by atoms with Gasteiger partial charge in [0, 0.05) is 25.3 Å². The number of furan rings is 1. The van der Waals surface area contributed by atoms with E-state index in [9.17, 15) is 4.79 Å². The number of nitriles is 1. The van der Waals surface area contributed by atoms with Gasteiger partial charge in [-0.15, -0.1) is 0 Å². The third-order valence-electron chi connectivity index (χ3n) is 4.46. The maximum Gasteiger partial charge on any atom is 0.237 e. The van der Waals surface area contributed by atoms with Crippen LogP contribution in [0.15, 0.2) is 28.9 Å². The molecule has 0 bridgehead atoms. The Balaban J connectivity index is 1.53. The van der Waals surface area contributed by atoms with Gasteiger partial charge in [-0.25, -0.2) is 0 Å². The van der Waals surface area contributed by atoms with E-state index in [0.29, 0.717) is 32.1 Å². The highest BCUT2D eigenvalue weighted by Crippen LogP contribution is 2.22. The number of nitrogens with zero attached hydrogens (tertiary/aromatic N) is 5. The number of rotatable bonds is 7. The van der Waals surface area contributed by atoms with E-state index in [1.54, 1.807) is 17.2 Å². The van der Waals surface area contributed by atoms with Gasteiger partial charge in [-0.05, 0) is 32.0 Å². The molecule has 1 aliphatic rings. The van der Waals surface area contributed by atoms with Gasteiger partial charge in [0.15, 0.2) is 0 Å². The van der Waals surface area contributed by atoms with Gasteiger partial charge >= 0.3 is 0 Å². The minimum atomic E-state index is 0.0264. The average molecular weight is 341 g/mol. The quantitative estimate of drug-likeness (QED) is 0.768. The summed E-state index contributed by atoms with van der Waals surface area (Å²) in [7, 11) is 0. The van der Waals surface area contributed by atoms with Crippen LogP contribution < -0.4 is 0 Å². The van der Waals surface area contributed by atoms with Gasteiger partial charge in [-0.1, -0.05) is 0 Å². The summed E-state index contributed by atoms with van der Waals surface area (Å²) in [5, 5.41) is 13.3. The van der Waals surface area contributed by atoms with E-state index < -0.39 is 0 Å². The summed E-state index contributed by atoms with van der Waals surface area (Å²) in [5.74, 6) is 0.758. The molecule has 3 heterocycles. The van der Waals surface area contributed by atoms with E-state index >= 15 is 0 Å². The molecule has 1 aliphatic heterocycles. The maximum atomic E-state index is 12.6. The third kappa shape index (κ3) is 4.09. The first kappa shape index (κ1) is 17.2. The van der Waals surface area contributed by atoms with Crippen LogP contribution in [0.25, 0.3) is 0 Å². The molecule has 1 amide bonds. The van der Waals surface area contributed by atoms with Gasteiger partial charge in [-0.2, -0.15) is 10.4 Å². The lowest BCUT2D eigenvalue weighted by molar-refractivity contribution is -0.134. The van der Waals surface area contributed by atoms with E-state index in [-0.39, 0.29) is 5.91 Å². The van der Waals surface area contributed by atoms with Gasteiger partial charge in [0.25, 0.3) is 0 Å². The molecule has 7 heteroatoms. The van der Waals surface area contributed by atoms with Crippen molar-refractivity contribution in [2.75, 3.05) is 26.2 Å². The summed E-state index contributed by atoms with van der Waals surface area (Å²) in [6.45, 7) is 6.88. The van der Waals surface area contributed by atoms with Crippen LogP contribution in [0.3, 0.4) is 0 Å². The van der Waals surface area contributed by atoms with Gasteiger partial charge in [0.1, 0.15) is 5.76 Å². The van der Waals surface area contributed by atoms with E-state index in [2.05, 4.69) is 29.1 Å². The number of hydrogen-bond donors (Lipinski definition) is 0. The van der Waals surface area contributed by atoms with E-state index in [4.69, 9.17) is 9.68 Å². The topological polar surface area (TPSA) is 78.3 Å². The molecule has 1 saturated heterocycles. The lowest BCUT2D eigenvalue weighted by atomic mass is 10.1. The molecule has 25 heavy (non-hydrogen) atoms. The molecule has 7 nitrogen and oxygen atoms in total. The Bertz CT molecular complexity index is 753. The molecule has 2 aromatic heterocycles. The lowest BCUT2D eigenvalue weighted by Crippen LogP contribution is -2.52. The third-order valence-corrected chi connectivity index (χ3v) is 4.46. The number of aryl methyl sites for hydroxylation is 2. The molecule has 0 N–H and O–H groups in total. The first-order chi connectivity index (χ1) is 12.1. The van der Waals surface area contributed by atoms with Crippen LogP contribution in [-0.4, -0.2) is 51.7 Å². The first-order valence-electron chi connectivity index (χ1n) is 8.49.